The molecule has 0 amide bonds. The Bertz CT molecular complexity index is 1170. The average molecular weight is 661 g/mol. The molecule has 4 aliphatic carbocycles. The fraction of sp³-hybridized carbons (Fsp3) is 0.917. The maximum Gasteiger partial charge on any atom is 0.306 e. The van der Waals surface area contributed by atoms with Crippen LogP contribution in [0.1, 0.15) is 79.1 Å². The summed E-state index contributed by atoms with van der Waals surface area (Å²) in [5.74, 6) is 0.500. The number of piperazine rings is 2. The van der Waals surface area contributed by atoms with Crippen molar-refractivity contribution in [2.45, 2.75) is 109 Å². The van der Waals surface area contributed by atoms with Crippen LogP contribution in [0, 0.1) is 28.6 Å². The summed E-state index contributed by atoms with van der Waals surface area (Å²) in [6.45, 7) is 15.8. The van der Waals surface area contributed by atoms with Crippen molar-refractivity contribution >= 4 is 17.9 Å². The number of ether oxygens (including phenoxy) is 3. The molecule has 0 aromatic rings. The Labute approximate surface area is 281 Å². The first-order chi connectivity index (χ1) is 22.3. The van der Waals surface area contributed by atoms with Gasteiger partial charge in [0.05, 0.1) is 19.1 Å². The summed E-state index contributed by atoms with van der Waals surface area (Å²) in [7, 11) is 3.62. The maximum absolute atomic E-state index is 13.1. The monoisotopic (exact) mass is 660 g/mol. The summed E-state index contributed by atoms with van der Waals surface area (Å²) in [5.41, 5.74) is -1.42. The van der Waals surface area contributed by atoms with Crippen LogP contribution in [0.25, 0.3) is 0 Å². The Morgan fingerprint density at radius 1 is 0.830 bits per heavy atom. The lowest BCUT2D eigenvalue weighted by atomic mass is 9.42. The first-order valence-electron chi connectivity index (χ1n) is 18.3. The van der Waals surface area contributed by atoms with Gasteiger partial charge in [0, 0.05) is 102 Å². The zero-order valence-electron chi connectivity index (χ0n) is 29.7. The number of likely N-dealkylation sites (N-methyl/N-ethyl adjacent to an activating group) is 1. The third-order valence-corrected chi connectivity index (χ3v) is 14.1. The van der Waals surface area contributed by atoms with Gasteiger partial charge in [0.15, 0.2) is 0 Å². The van der Waals surface area contributed by atoms with E-state index >= 15 is 0 Å². The number of hydrogen-bond acceptors (Lipinski definition) is 11. The van der Waals surface area contributed by atoms with Crippen molar-refractivity contribution in [2.75, 3.05) is 73.1 Å². The summed E-state index contributed by atoms with van der Waals surface area (Å²) in [6.07, 6.45) is 5.98. The van der Waals surface area contributed by atoms with Gasteiger partial charge in [0.25, 0.3) is 0 Å². The van der Waals surface area contributed by atoms with Gasteiger partial charge in [-0.2, -0.15) is 0 Å². The lowest BCUT2D eigenvalue weighted by Gasteiger charge is -2.67. The zero-order valence-corrected chi connectivity index (χ0v) is 29.7. The molecule has 47 heavy (non-hydrogen) atoms. The van der Waals surface area contributed by atoms with Gasteiger partial charge < -0.3 is 29.1 Å². The summed E-state index contributed by atoms with van der Waals surface area (Å²) >= 11 is 0. The molecular formula is C36H60N4O7. The SMILES string of the molecule is COC(=O)CCN1CCN([C@@H]2C[C@H]3[C@@H]4C[C@H](N5CCN(C)CC5)[C@H](OC(C)=O)[C@@]4(C)CC[C@@H]3[C@@]3(C)CC[C@H](OC(C)=O)C[C@]23O)CC1. The predicted octanol–water partition coefficient (Wildman–Crippen LogP) is 2.39. The average Bonchev–Trinajstić information content (AvgIpc) is 3.32. The standard InChI is InChI=1S/C36H60N4O7/c1-24(41)46-26-7-11-35(4)28-8-10-34(3)29(22-30(33(34)47-25(2)42)39-17-13-37(5)14-18-39)27(28)21-31(36(35,44)23-26)40-19-15-38(16-20-40)12-9-32(43)45-6/h26-31,33,44H,7-23H2,1-6H3/t26-,27+,28-,29-,30-,31+,33-,34-,35+,36-/m0/s1. The van der Waals surface area contributed by atoms with Crippen molar-refractivity contribution in [3.8, 4) is 0 Å². The van der Waals surface area contributed by atoms with E-state index in [9.17, 15) is 19.5 Å². The Morgan fingerprint density at radius 2 is 1.49 bits per heavy atom. The molecule has 4 saturated carbocycles. The quantitative estimate of drug-likeness (QED) is 0.321. The van der Waals surface area contributed by atoms with E-state index < -0.39 is 5.60 Å². The van der Waals surface area contributed by atoms with Gasteiger partial charge in [-0.15, -0.1) is 0 Å². The molecule has 11 heteroatoms. The Kier molecular flexibility index (Phi) is 10.1. The highest BCUT2D eigenvalue weighted by Gasteiger charge is 2.70. The van der Waals surface area contributed by atoms with Gasteiger partial charge in [-0.05, 0) is 63.3 Å². The van der Waals surface area contributed by atoms with Crippen LogP contribution in [0.5, 0.6) is 0 Å². The second kappa shape index (κ2) is 13.5. The zero-order chi connectivity index (χ0) is 33.7. The number of methoxy groups -OCH3 is 1. The van der Waals surface area contributed by atoms with Gasteiger partial charge in [0.1, 0.15) is 12.2 Å². The largest absolute Gasteiger partial charge is 0.469 e. The minimum absolute atomic E-state index is 0.0629. The first-order valence-corrected chi connectivity index (χ1v) is 18.3. The van der Waals surface area contributed by atoms with Crippen LogP contribution in [0.15, 0.2) is 0 Å². The highest BCUT2D eigenvalue weighted by atomic mass is 16.5. The van der Waals surface area contributed by atoms with Gasteiger partial charge in [-0.3, -0.25) is 24.2 Å². The minimum atomic E-state index is -0.987. The number of aliphatic hydroxyl groups is 1. The van der Waals surface area contributed by atoms with Crippen molar-refractivity contribution in [2.24, 2.45) is 28.6 Å². The first kappa shape index (κ1) is 35.1. The number of hydrogen-bond donors (Lipinski definition) is 1. The summed E-state index contributed by atoms with van der Waals surface area (Å²) in [4.78, 5) is 46.3. The number of fused-ring (bicyclic) bond motifs is 5. The maximum atomic E-state index is 13.1. The highest BCUT2D eigenvalue weighted by Crippen LogP contribution is 2.68. The van der Waals surface area contributed by atoms with Crippen molar-refractivity contribution in [1.82, 2.24) is 19.6 Å². The van der Waals surface area contributed by atoms with Crippen LogP contribution in [0.4, 0.5) is 0 Å². The second-order valence-corrected chi connectivity index (χ2v) is 16.4. The number of nitrogens with zero attached hydrogens (tertiary/aromatic N) is 4. The lowest BCUT2D eigenvalue weighted by molar-refractivity contribution is -0.256. The van der Waals surface area contributed by atoms with E-state index in [2.05, 4.69) is 40.5 Å². The molecule has 266 valence electrons. The molecule has 2 aliphatic heterocycles. The van der Waals surface area contributed by atoms with Gasteiger partial charge in [-0.1, -0.05) is 13.8 Å². The Hall–Kier alpha value is -1.79. The molecule has 6 fully saturated rings. The summed E-state index contributed by atoms with van der Waals surface area (Å²) in [5, 5.41) is 13.1. The number of carbonyl (C=O) groups is 3. The summed E-state index contributed by atoms with van der Waals surface area (Å²) < 4.78 is 17.0. The molecule has 0 spiro atoms. The molecule has 0 bridgehead atoms. The smallest absolute Gasteiger partial charge is 0.306 e. The topological polar surface area (TPSA) is 112 Å². The Balaban J connectivity index is 1.30. The van der Waals surface area contributed by atoms with E-state index in [1.165, 1.54) is 14.0 Å². The second-order valence-electron chi connectivity index (χ2n) is 16.4. The van der Waals surface area contributed by atoms with E-state index in [4.69, 9.17) is 14.2 Å². The number of rotatable bonds is 7. The molecule has 0 unspecified atom stereocenters. The van der Waals surface area contributed by atoms with Gasteiger partial charge in [-0.25, -0.2) is 0 Å². The highest BCUT2D eigenvalue weighted by molar-refractivity contribution is 5.69. The third kappa shape index (κ3) is 6.37. The van der Waals surface area contributed by atoms with Crippen molar-refractivity contribution < 1.29 is 33.7 Å². The van der Waals surface area contributed by atoms with E-state index in [1.807, 2.05) is 0 Å². The molecule has 0 radical (unpaired) electrons. The van der Waals surface area contributed by atoms with Crippen LogP contribution in [0.3, 0.4) is 0 Å². The van der Waals surface area contributed by atoms with Gasteiger partial charge in [0.2, 0.25) is 0 Å². The van der Waals surface area contributed by atoms with Crippen molar-refractivity contribution in [3.05, 3.63) is 0 Å². The van der Waals surface area contributed by atoms with E-state index in [1.54, 1.807) is 6.92 Å². The molecule has 2 heterocycles. The van der Waals surface area contributed by atoms with E-state index in [0.29, 0.717) is 37.1 Å². The van der Waals surface area contributed by atoms with Crippen LogP contribution < -0.4 is 0 Å². The van der Waals surface area contributed by atoms with Gasteiger partial charge >= 0.3 is 17.9 Å². The number of esters is 3. The molecule has 1 N–H and O–H groups in total. The normalized spacial score (nSPS) is 43.3. The van der Waals surface area contributed by atoms with E-state index in [-0.39, 0.29) is 53.0 Å². The Morgan fingerprint density at radius 3 is 2.13 bits per heavy atom. The molecule has 0 aromatic heterocycles. The molecule has 2 saturated heterocycles. The molecule has 11 nitrogen and oxygen atoms in total. The third-order valence-electron chi connectivity index (χ3n) is 14.1. The van der Waals surface area contributed by atoms with Crippen LogP contribution >= 0.6 is 0 Å². The summed E-state index contributed by atoms with van der Waals surface area (Å²) in [6, 6.07) is 0.151. The van der Waals surface area contributed by atoms with Crippen molar-refractivity contribution in [1.29, 1.82) is 0 Å². The fourth-order valence-corrected chi connectivity index (χ4v) is 11.5. The molecule has 6 rings (SSSR count). The van der Waals surface area contributed by atoms with Crippen LogP contribution in [-0.4, -0.2) is 146 Å². The minimum Gasteiger partial charge on any atom is -0.469 e. The van der Waals surface area contributed by atoms with E-state index in [0.717, 1.165) is 90.9 Å². The predicted molar refractivity (Wildman–Crippen MR) is 176 cm³/mol. The lowest BCUT2D eigenvalue weighted by Crippen LogP contribution is -2.73. The molecule has 10 atom stereocenters. The van der Waals surface area contributed by atoms with Crippen LogP contribution in [-0.2, 0) is 28.6 Å². The fourth-order valence-electron chi connectivity index (χ4n) is 11.5. The van der Waals surface area contributed by atoms with Crippen molar-refractivity contribution in [3.63, 3.8) is 0 Å². The number of carbonyl (C=O) groups excluding carboxylic acids is 3. The van der Waals surface area contributed by atoms with Crippen LogP contribution in [0.2, 0.25) is 0 Å². The molecular weight excluding hydrogens is 600 g/mol. The molecule has 6 aliphatic rings. The molecule has 0 aromatic carbocycles.